The van der Waals surface area contributed by atoms with Crippen molar-refractivity contribution in [2.24, 2.45) is 5.92 Å². The molecule has 1 fully saturated rings. The van der Waals surface area contributed by atoms with Gasteiger partial charge in [-0.25, -0.2) is 0 Å². The van der Waals surface area contributed by atoms with Gasteiger partial charge in [0, 0.05) is 26.7 Å². The molecule has 0 aliphatic carbocycles. The Morgan fingerprint density at radius 1 is 1.60 bits per heavy atom. The third kappa shape index (κ3) is 3.18. The first-order valence-electron chi connectivity index (χ1n) is 5.56. The molecule has 1 N–H and O–H groups in total. The molecule has 0 saturated carbocycles. The first-order valence-corrected chi connectivity index (χ1v) is 5.56. The molecule has 0 spiro atoms. The quantitative estimate of drug-likeness (QED) is 0.743. The van der Waals surface area contributed by atoms with Gasteiger partial charge in [0.05, 0.1) is 6.61 Å². The van der Waals surface area contributed by atoms with Gasteiger partial charge in [0.1, 0.15) is 0 Å². The predicted molar refractivity (Wildman–Crippen MR) is 59.7 cm³/mol. The molecule has 1 amide bonds. The van der Waals surface area contributed by atoms with Crippen LogP contribution in [-0.2, 0) is 9.53 Å². The van der Waals surface area contributed by atoms with E-state index in [0.717, 1.165) is 13.1 Å². The van der Waals surface area contributed by atoms with E-state index in [-0.39, 0.29) is 5.91 Å². The van der Waals surface area contributed by atoms with Crippen molar-refractivity contribution in [1.29, 1.82) is 0 Å². The summed E-state index contributed by atoms with van der Waals surface area (Å²) >= 11 is 0. The van der Waals surface area contributed by atoms with Gasteiger partial charge in [-0.05, 0) is 12.8 Å². The summed E-state index contributed by atoms with van der Waals surface area (Å²) in [5.41, 5.74) is -0.679. The van der Waals surface area contributed by atoms with Crippen LogP contribution in [0.1, 0.15) is 20.8 Å². The average Bonchev–Trinajstić information content (AvgIpc) is 2.15. The SMILES string of the molecule is CNC(=O)[C@]1(C)CN(CC(C)C)CCO1. The third-order valence-electron chi connectivity index (χ3n) is 2.68. The van der Waals surface area contributed by atoms with Crippen LogP contribution in [0.3, 0.4) is 0 Å². The number of ether oxygens (including phenoxy) is 1. The minimum Gasteiger partial charge on any atom is -0.363 e. The summed E-state index contributed by atoms with van der Waals surface area (Å²) in [6, 6.07) is 0. The number of hydrogen-bond acceptors (Lipinski definition) is 3. The van der Waals surface area contributed by atoms with Crippen molar-refractivity contribution in [2.45, 2.75) is 26.4 Å². The van der Waals surface area contributed by atoms with Gasteiger partial charge in [-0.1, -0.05) is 13.8 Å². The van der Waals surface area contributed by atoms with Crippen molar-refractivity contribution >= 4 is 5.91 Å². The molecule has 15 heavy (non-hydrogen) atoms. The van der Waals surface area contributed by atoms with Gasteiger partial charge >= 0.3 is 0 Å². The summed E-state index contributed by atoms with van der Waals surface area (Å²) in [7, 11) is 1.65. The standard InChI is InChI=1S/C11H22N2O2/c1-9(2)7-13-5-6-15-11(3,8-13)10(14)12-4/h9H,5-8H2,1-4H3,(H,12,14)/t11-/m0/s1. The Morgan fingerprint density at radius 2 is 2.27 bits per heavy atom. The van der Waals surface area contributed by atoms with E-state index in [9.17, 15) is 4.79 Å². The van der Waals surface area contributed by atoms with Crippen LogP contribution in [0, 0.1) is 5.92 Å². The van der Waals surface area contributed by atoms with Gasteiger partial charge in [-0.3, -0.25) is 9.69 Å². The maximum Gasteiger partial charge on any atom is 0.253 e. The van der Waals surface area contributed by atoms with Crippen LogP contribution in [0.25, 0.3) is 0 Å². The van der Waals surface area contributed by atoms with Crippen molar-refractivity contribution < 1.29 is 9.53 Å². The van der Waals surface area contributed by atoms with E-state index in [1.807, 2.05) is 6.92 Å². The number of amides is 1. The lowest BCUT2D eigenvalue weighted by Gasteiger charge is -2.39. The highest BCUT2D eigenvalue weighted by molar-refractivity contribution is 5.84. The highest BCUT2D eigenvalue weighted by Gasteiger charge is 2.38. The predicted octanol–water partition coefficient (Wildman–Crippen LogP) is 0.479. The van der Waals surface area contributed by atoms with Crippen molar-refractivity contribution in [1.82, 2.24) is 10.2 Å². The van der Waals surface area contributed by atoms with Crippen molar-refractivity contribution in [3.63, 3.8) is 0 Å². The monoisotopic (exact) mass is 214 g/mol. The van der Waals surface area contributed by atoms with Gasteiger partial charge in [0.15, 0.2) is 5.60 Å². The first kappa shape index (κ1) is 12.5. The molecule has 1 atom stereocenters. The van der Waals surface area contributed by atoms with Crippen molar-refractivity contribution in [2.75, 3.05) is 33.3 Å². The molecule has 1 rings (SSSR count). The molecule has 1 saturated heterocycles. The molecule has 0 aromatic heterocycles. The fourth-order valence-electron chi connectivity index (χ4n) is 2.03. The number of hydrogen-bond donors (Lipinski definition) is 1. The lowest BCUT2D eigenvalue weighted by molar-refractivity contribution is -0.156. The number of nitrogens with one attached hydrogen (secondary N) is 1. The second-order valence-corrected chi connectivity index (χ2v) is 4.79. The van der Waals surface area contributed by atoms with Crippen molar-refractivity contribution in [3.05, 3.63) is 0 Å². The zero-order chi connectivity index (χ0) is 11.5. The minimum atomic E-state index is -0.679. The molecule has 88 valence electrons. The highest BCUT2D eigenvalue weighted by Crippen LogP contribution is 2.18. The van der Waals surface area contributed by atoms with Crippen LogP contribution in [0.4, 0.5) is 0 Å². The van der Waals surface area contributed by atoms with Gasteiger partial charge in [0.2, 0.25) is 0 Å². The zero-order valence-electron chi connectivity index (χ0n) is 10.2. The van der Waals surface area contributed by atoms with Crippen LogP contribution in [0.15, 0.2) is 0 Å². The Hall–Kier alpha value is -0.610. The lowest BCUT2D eigenvalue weighted by atomic mass is 10.0. The van der Waals surface area contributed by atoms with Crippen LogP contribution >= 0.6 is 0 Å². The Labute approximate surface area is 92.0 Å². The lowest BCUT2D eigenvalue weighted by Crippen LogP contribution is -2.58. The van der Waals surface area contributed by atoms with E-state index in [2.05, 4.69) is 24.1 Å². The van der Waals surface area contributed by atoms with Crippen LogP contribution in [0.5, 0.6) is 0 Å². The second kappa shape index (κ2) is 4.94. The maximum absolute atomic E-state index is 11.7. The molecule has 0 aromatic rings. The topological polar surface area (TPSA) is 41.6 Å². The summed E-state index contributed by atoms with van der Waals surface area (Å²) < 4.78 is 5.58. The van der Waals surface area contributed by atoms with E-state index >= 15 is 0 Å². The molecule has 0 bridgehead atoms. The summed E-state index contributed by atoms with van der Waals surface area (Å²) in [6.45, 7) is 9.50. The number of carbonyl (C=O) groups excluding carboxylic acids is 1. The summed E-state index contributed by atoms with van der Waals surface area (Å²) in [6.07, 6.45) is 0. The van der Waals surface area contributed by atoms with Crippen LogP contribution < -0.4 is 5.32 Å². The summed E-state index contributed by atoms with van der Waals surface area (Å²) in [4.78, 5) is 14.0. The summed E-state index contributed by atoms with van der Waals surface area (Å²) in [5, 5.41) is 2.66. The number of rotatable bonds is 3. The molecule has 0 unspecified atom stereocenters. The number of nitrogens with zero attached hydrogens (tertiary/aromatic N) is 1. The molecular formula is C11H22N2O2. The van der Waals surface area contributed by atoms with E-state index in [1.165, 1.54) is 0 Å². The second-order valence-electron chi connectivity index (χ2n) is 4.79. The Kier molecular flexibility index (Phi) is 4.11. The first-order chi connectivity index (χ1) is 6.98. The fourth-order valence-corrected chi connectivity index (χ4v) is 2.03. The molecule has 4 heteroatoms. The Morgan fingerprint density at radius 3 is 2.80 bits per heavy atom. The number of likely N-dealkylation sites (N-methyl/N-ethyl adjacent to an activating group) is 1. The fraction of sp³-hybridized carbons (Fsp3) is 0.909. The average molecular weight is 214 g/mol. The minimum absolute atomic E-state index is 0.0315. The smallest absolute Gasteiger partial charge is 0.253 e. The van der Waals surface area contributed by atoms with E-state index in [1.54, 1.807) is 7.05 Å². The molecule has 4 nitrogen and oxygen atoms in total. The van der Waals surface area contributed by atoms with Gasteiger partial charge < -0.3 is 10.1 Å². The number of carbonyl (C=O) groups is 1. The van der Waals surface area contributed by atoms with E-state index < -0.39 is 5.60 Å². The van der Waals surface area contributed by atoms with E-state index in [4.69, 9.17) is 4.74 Å². The van der Waals surface area contributed by atoms with E-state index in [0.29, 0.717) is 19.1 Å². The normalized spacial score (nSPS) is 28.1. The van der Waals surface area contributed by atoms with Gasteiger partial charge in [-0.15, -0.1) is 0 Å². The molecule has 0 radical (unpaired) electrons. The molecule has 1 aliphatic rings. The third-order valence-corrected chi connectivity index (χ3v) is 2.68. The highest BCUT2D eigenvalue weighted by atomic mass is 16.5. The Balaban J connectivity index is 2.58. The van der Waals surface area contributed by atoms with Crippen molar-refractivity contribution in [3.8, 4) is 0 Å². The zero-order valence-corrected chi connectivity index (χ0v) is 10.2. The molecule has 1 heterocycles. The molecule has 1 aliphatic heterocycles. The van der Waals surface area contributed by atoms with Gasteiger partial charge in [-0.2, -0.15) is 0 Å². The largest absolute Gasteiger partial charge is 0.363 e. The van der Waals surface area contributed by atoms with Gasteiger partial charge in [0.25, 0.3) is 5.91 Å². The molecule has 0 aromatic carbocycles. The molecular weight excluding hydrogens is 192 g/mol. The van der Waals surface area contributed by atoms with Crippen LogP contribution in [0.2, 0.25) is 0 Å². The van der Waals surface area contributed by atoms with Crippen LogP contribution in [-0.4, -0.2) is 49.7 Å². The maximum atomic E-state index is 11.7. The number of morpholine rings is 1. The summed E-state index contributed by atoms with van der Waals surface area (Å²) in [5.74, 6) is 0.591. The Bertz CT molecular complexity index is 231.